The van der Waals surface area contributed by atoms with E-state index in [1.807, 2.05) is 30.0 Å². The van der Waals surface area contributed by atoms with Crippen molar-refractivity contribution in [3.05, 3.63) is 69.2 Å². The van der Waals surface area contributed by atoms with Gasteiger partial charge in [-0.1, -0.05) is 41.4 Å². The zero-order valence-electron chi connectivity index (χ0n) is 12.6. The Morgan fingerprint density at radius 1 is 1.09 bits per heavy atom. The summed E-state index contributed by atoms with van der Waals surface area (Å²) in [5.74, 6) is 2.29. The molecule has 1 aliphatic rings. The van der Waals surface area contributed by atoms with Gasteiger partial charge in [-0.15, -0.1) is 0 Å². The van der Waals surface area contributed by atoms with E-state index in [4.69, 9.17) is 23.2 Å². The molecule has 0 aliphatic carbocycles. The first-order valence-corrected chi connectivity index (χ1v) is 9.43. The maximum Gasteiger partial charge on any atom is 0.194 e. The van der Waals surface area contributed by atoms with Crippen molar-refractivity contribution in [1.82, 2.24) is 4.90 Å². The second-order valence-electron chi connectivity index (χ2n) is 5.54. The van der Waals surface area contributed by atoms with Crippen LogP contribution in [0.25, 0.3) is 0 Å². The molecule has 2 aromatic carbocycles. The molecule has 0 unspecified atom stereocenters. The average Bonchev–Trinajstić information content (AvgIpc) is 2.55. The molecule has 0 spiro atoms. The third-order valence-electron chi connectivity index (χ3n) is 3.87. The van der Waals surface area contributed by atoms with Crippen molar-refractivity contribution in [2.24, 2.45) is 0 Å². The molecule has 120 valence electrons. The first-order valence-electron chi connectivity index (χ1n) is 7.52. The molecule has 0 amide bonds. The van der Waals surface area contributed by atoms with Gasteiger partial charge in [0.15, 0.2) is 5.78 Å². The molecule has 5 heteroatoms. The van der Waals surface area contributed by atoms with Gasteiger partial charge in [0.25, 0.3) is 0 Å². The number of rotatable bonds is 4. The topological polar surface area (TPSA) is 20.3 Å². The minimum atomic E-state index is -0.0669. The smallest absolute Gasteiger partial charge is 0.194 e. The third kappa shape index (κ3) is 4.30. The van der Waals surface area contributed by atoms with Gasteiger partial charge < -0.3 is 0 Å². The summed E-state index contributed by atoms with van der Waals surface area (Å²) < 4.78 is 0. The summed E-state index contributed by atoms with van der Waals surface area (Å²) in [6.45, 7) is 3.09. The summed E-state index contributed by atoms with van der Waals surface area (Å²) in [4.78, 5) is 15.1. The van der Waals surface area contributed by atoms with Gasteiger partial charge in [0.1, 0.15) is 0 Å². The summed E-state index contributed by atoms with van der Waals surface area (Å²) in [6.07, 6.45) is 0. The van der Waals surface area contributed by atoms with Crippen molar-refractivity contribution in [1.29, 1.82) is 0 Å². The van der Waals surface area contributed by atoms with Crippen molar-refractivity contribution in [2.45, 2.75) is 6.54 Å². The van der Waals surface area contributed by atoms with Crippen molar-refractivity contribution < 1.29 is 4.79 Å². The summed E-state index contributed by atoms with van der Waals surface area (Å²) in [5.41, 5.74) is 2.31. The maximum atomic E-state index is 12.7. The maximum absolute atomic E-state index is 12.7. The van der Waals surface area contributed by atoms with E-state index in [9.17, 15) is 4.79 Å². The Balaban J connectivity index is 1.79. The summed E-state index contributed by atoms with van der Waals surface area (Å²) in [6, 6.07) is 12.8. The van der Waals surface area contributed by atoms with Crippen molar-refractivity contribution in [3.8, 4) is 0 Å². The van der Waals surface area contributed by atoms with Gasteiger partial charge in [-0.3, -0.25) is 9.69 Å². The Hall–Kier alpha value is -1.000. The SMILES string of the molecule is O=C(c1cccc(CN2CCSCC2)c1)c1ccc(Cl)cc1Cl. The summed E-state index contributed by atoms with van der Waals surface area (Å²) in [7, 11) is 0. The number of halogens is 2. The third-order valence-corrected chi connectivity index (χ3v) is 5.37. The zero-order chi connectivity index (χ0) is 16.2. The highest BCUT2D eigenvalue weighted by atomic mass is 35.5. The van der Waals surface area contributed by atoms with Crippen molar-refractivity contribution in [3.63, 3.8) is 0 Å². The Morgan fingerprint density at radius 3 is 2.61 bits per heavy atom. The Morgan fingerprint density at radius 2 is 1.87 bits per heavy atom. The van der Waals surface area contributed by atoms with Crippen molar-refractivity contribution in [2.75, 3.05) is 24.6 Å². The van der Waals surface area contributed by atoms with Crippen LogP contribution in [0.2, 0.25) is 10.0 Å². The molecule has 0 atom stereocenters. The lowest BCUT2D eigenvalue weighted by Gasteiger charge is -2.26. The fraction of sp³-hybridized carbons (Fsp3) is 0.278. The number of hydrogen-bond donors (Lipinski definition) is 0. The van der Waals surface area contributed by atoms with E-state index < -0.39 is 0 Å². The molecule has 0 aromatic heterocycles. The quantitative estimate of drug-likeness (QED) is 0.727. The predicted molar refractivity (Wildman–Crippen MR) is 98.9 cm³/mol. The second kappa shape index (κ2) is 7.71. The van der Waals surface area contributed by atoms with Crippen LogP contribution in [0.5, 0.6) is 0 Å². The Labute approximate surface area is 150 Å². The highest BCUT2D eigenvalue weighted by Crippen LogP contribution is 2.24. The molecule has 0 saturated carbocycles. The average molecular weight is 366 g/mol. The molecule has 1 aliphatic heterocycles. The van der Waals surface area contributed by atoms with Gasteiger partial charge in [-0.2, -0.15) is 11.8 Å². The molecule has 0 radical (unpaired) electrons. The zero-order valence-corrected chi connectivity index (χ0v) is 14.9. The van der Waals surface area contributed by atoms with Gasteiger partial charge >= 0.3 is 0 Å². The van der Waals surface area contributed by atoms with E-state index in [0.717, 1.165) is 25.2 Å². The van der Waals surface area contributed by atoms with Crippen LogP contribution < -0.4 is 0 Å². The minimum Gasteiger partial charge on any atom is -0.297 e. The highest BCUT2D eigenvalue weighted by molar-refractivity contribution is 7.99. The summed E-state index contributed by atoms with van der Waals surface area (Å²) >= 11 is 14.0. The first kappa shape index (κ1) is 16.8. The molecule has 1 fully saturated rings. The van der Waals surface area contributed by atoms with E-state index >= 15 is 0 Å². The molecule has 0 bridgehead atoms. The predicted octanol–water partition coefficient (Wildman–Crippen LogP) is 4.77. The molecule has 1 heterocycles. The number of ketones is 1. The number of carbonyl (C=O) groups is 1. The molecule has 2 aromatic rings. The molecule has 2 nitrogen and oxygen atoms in total. The van der Waals surface area contributed by atoms with E-state index in [0.29, 0.717) is 21.2 Å². The normalized spacial score (nSPS) is 15.6. The van der Waals surface area contributed by atoms with E-state index in [-0.39, 0.29) is 5.78 Å². The van der Waals surface area contributed by atoms with Crippen LogP contribution in [0.15, 0.2) is 42.5 Å². The van der Waals surface area contributed by atoms with Crippen LogP contribution in [-0.4, -0.2) is 35.3 Å². The molecule has 0 N–H and O–H groups in total. The van der Waals surface area contributed by atoms with E-state index in [1.54, 1.807) is 18.2 Å². The van der Waals surface area contributed by atoms with E-state index in [1.165, 1.54) is 11.5 Å². The molecule has 23 heavy (non-hydrogen) atoms. The van der Waals surface area contributed by atoms with Crippen LogP contribution in [0, 0.1) is 0 Å². The number of hydrogen-bond acceptors (Lipinski definition) is 3. The van der Waals surface area contributed by atoms with Crippen LogP contribution in [0.1, 0.15) is 21.5 Å². The van der Waals surface area contributed by atoms with Gasteiger partial charge in [0, 0.05) is 47.3 Å². The lowest BCUT2D eigenvalue weighted by molar-refractivity contribution is 0.103. The van der Waals surface area contributed by atoms with Crippen LogP contribution >= 0.6 is 35.0 Å². The summed E-state index contributed by atoms with van der Waals surface area (Å²) in [5, 5.41) is 0.921. The Bertz CT molecular complexity index is 714. The van der Waals surface area contributed by atoms with Crippen LogP contribution in [-0.2, 0) is 6.54 Å². The lowest BCUT2D eigenvalue weighted by Crippen LogP contribution is -2.31. The minimum absolute atomic E-state index is 0.0669. The fourth-order valence-electron chi connectivity index (χ4n) is 2.66. The number of carbonyl (C=O) groups excluding carboxylic acids is 1. The second-order valence-corrected chi connectivity index (χ2v) is 7.61. The number of thioether (sulfide) groups is 1. The van der Waals surface area contributed by atoms with Crippen LogP contribution in [0.4, 0.5) is 0 Å². The van der Waals surface area contributed by atoms with Gasteiger partial charge in [-0.05, 0) is 29.8 Å². The van der Waals surface area contributed by atoms with E-state index in [2.05, 4.69) is 11.0 Å². The van der Waals surface area contributed by atoms with Gasteiger partial charge in [0.2, 0.25) is 0 Å². The highest BCUT2D eigenvalue weighted by Gasteiger charge is 2.15. The Kier molecular flexibility index (Phi) is 5.65. The lowest BCUT2D eigenvalue weighted by atomic mass is 10.0. The standard InChI is InChI=1S/C18H17Cl2NOS/c19-15-4-5-16(17(20)11-15)18(22)14-3-1-2-13(10-14)12-21-6-8-23-9-7-21/h1-5,10-11H,6-9,12H2. The molecular formula is C18H17Cl2NOS. The number of benzene rings is 2. The fourth-order valence-corrected chi connectivity index (χ4v) is 4.13. The van der Waals surface area contributed by atoms with Gasteiger partial charge in [-0.25, -0.2) is 0 Å². The number of nitrogens with zero attached hydrogens (tertiary/aromatic N) is 1. The largest absolute Gasteiger partial charge is 0.297 e. The van der Waals surface area contributed by atoms with Gasteiger partial charge in [0.05, 0.1) is 5.02 Å². The van der Waals surface area contributed by atoms with Crippen molar-refractivity contribution >= 4 is 40.7 Å². The monoisotopic (exact) mass is 365 g/mol. The first-order chi connectivity index (χ1) is 11.1. The molecule has 1 saturated heterocycles. The molecular weight excluding hydrogens is 349 g/mol. The van der Waals surface area contributed by atoms with Crippen LogP contribution in [0.3, 0.4) is 0 Å². The molecule has 3 rings (SSSR count).